The zero-order valence-electron chi connectivity index (χ0n) is 35.3. The zero-order chi connectivity index (χ0) is 44.1. The Kier molecular flexibility index (Phi) is 13.2. The van der Waals surface area contributed by atoms with Crippen LogP contribution in [0.3, 0.4) is 0 Å². The van der Waals surface area contributed by atoms with Crippen LogP contribution >= 0.6 is 11.6 Å². The molecule has 13 nitrogen and oxygen atoms in total. The zero-order valence-corrected chi connectivity index (χ0v) is 36.9. The molecule has 8 rings (SSSR count). The predicted molar refractivity (Wildman–Crippen MR) is 244 cm³/mol. The lowest BCUT2D eigenvalue weighted by Gasteiger charge is -2.32. The SMILES string of the molecule is CCS(=O)(=O)Cc1ccc(Oc2ccc(CCC3CCN(c4ccc(C(=O)NC5CCC(Oc6ccc(C#N)c(Cl)c6)CC5)nn4)CC3)cc2)c(-c2cn(C)c(=O)c3[nH]ccc23)c1. The van der Waals surface area contributed by atoms with E-state index >= 15 is 0 Å². The van der Waals surface area contributed by atoms with E-state index in [0.29, 0.717) is 56.1 Å². The number of nitrogens with zero attached hydrogens (tertiary/aromatic N) is 5. The number of fused-ring (bicyclic) bond motifs is 1. The van der Waals surface area contributed by atoms with Crippen molar-refractivity contribution < 1.29 is 22.7 Å². The molecule has 0 bridgehead atoms. The van der Waals surface area contributed by atoms with E-state index in [1.54, 1.807) is 62.8 Å². The molecule has 1 amide bonds. The van der Waals surface area contributed by atoms with Crippen molar-refractivity contribution in [1.29, 1.82) is 5.26 Å². The molecule has 3 aromatic heterocycles. The summed E-state index contributed by atoms with van der Waals surface area (Å²) in [4.78, 5) is 31.2. The van der Waals surface area contributed by atoms with Gasteiger partial charge in [-0.15, -0.1) is 10.2 Å². The number of pyridine rings is 1. The molecule has 1 saturated carbocycles. The van der Waals surface area contributed by atoms with Gasteiger partial charge in [0.15, 0.2) is 21.3 Å². The normalized spacial score (nSPS) is 17.0. The van der Waals surface area contributed by atoms with Crippen molar-refractivity contribution in [3.8, 4) is 34.4 Å². The highest BCUT2D eigenvalue weighted by Gasteiger charge is 2.26. The van der Waals surface area contributed by atoms with Crippen LogP contribution in [-0.2, 0) is 29.1 Å². The van der Waals surface area contributed by atoms with Gasteiger partial charge in [-0.1, -0.05) is 36.7 Å². The van der Waals surface area contributed by atoms with Crippen LogP contribution in [0.25, 0.3) is 22.0 Å². The first kappa shape index (κ1) is 43.5. The van der Waals surface area contributed by atoms with Crippen molar-refractivity contribution in [2.24, 2.45) is 13.0 Å². The second-order valence-electron chi connectivity index (χ2n) is 16.5. The first-order chi connectivity index (χ1) is 30.4. The highest BCUT2D eigenvalue weighted by atomic mass is 35.5. The summed E-state index contributed by atoms with van der Waals surface area (Å²) in [6, 6.07) is 26.2. The summed E-state index contributed by atoms with van der Waals surface area (Å²) in [7, 11) is -1.58. The van der Waals surface area contributed by atoms with Crippen molar-refractivity contribution in [3.05, 3.63) is 129 Å². The van der Waals surface area contributed by atoms with Crippen LogP contribution in [0, 0.1) is 17.2 Å². The summed E-state index contributed by atoms with van der Waals surface area (Å²) in [6.07, 6.45) is 10.7. The first-order valence-corrected chi connectivity index (χ1v) is 23.7. The van der Waals surface area contributed by atoms with E-state index in [4.69, 9.17) is 26.3 Å². The molecule has 4 heterocycles. The molecule has 1 aliphatic heterocycles. The number of halogens is 1. The van der Waals surface area contributed by atoms with Gasteiger partial charge in [0.25, 0.3) is 11.5 Å². The van der Waals surface area contributed by atoms with Gasteiger partial charge in [-0.3, -0.25) is 9.59 Å². The minimum Gasteiger partial charge on any atom is -0.490 e. The van der Waals surface area contributed by atoms with Crippen molar-refractivity contribution >= 4 is 44.1 Å². The number of aromatic nitrogens is 4. The maximum atomic E-state index is 13.0. The number of aromatic amines is 1. The molecule has 1 saturated heterocycles. The number of carbonyl (C=O) groups excluding carboxylic acids is 1. The highest BCUT2D eigenvalue weighted by Crippen LogP contribution is 2.38. The van der Waals surface area contributed by atoms with Crippen LogP contribution in [-0.4, -0.2) is 65.1 Å². The standard InChI is InChI=1S/C48H50ClN7O6S/c1-3-63(59,60)30-33-8-18-44(40(26-33)41-29-55(2)48(58)46-39(41)20-23-51-46)62-37-12-6-31(7-13-37)4-5-32-21-24-56(25-22-32)45-19-17-43(53-54-45)47(57)52-35-10-15-36(16-11-35)61-38-14-9-34(28-50)42(49)27-38/h6-9,12-14,17-20,23,26-27,29,32,35-36,51H,3-5,10-11,15-16,21-22,24-25,30H2,1-2H3,(H,52,57). The maximum absolute atomic E-state index is 13.0. The monoisotopic (exact) mass is 887 g/mol. The van der Waals surface area contributed by atoms with Gasteiger partial charge in [-0.05, 0) is 123 Å². The average molecular weight is 888 g/mol. The van der Waals surface area contributed by atoms with E-state index in [1.807, 2.05) is 30.3 Å². The third-order valence-corrected chi connectivity index (χ3v) is 14.2. The number of carbonyl (C=O) groups is 1. The van der Waals surface area contributed by atoms with Crippen LogP contribution in [0.2, 0.25) is 5.02 Å². The highest BCUT2D eigenvalue weighted by molar-refractivity contribution is 7.90. The number of hydrogen-bond acceptors (Lipinski definition) is 10. The van der Waals surface area contributed by atoms with Crippen molar-refractivity contribution in [3.63, 3.8) is 0 Å². The predicted octanol–water partition coefficient (Wildman–Crippen LogP) is 8.54. The number of benzene rings is 3. The summed E-state index contributed by atoms with van der Waals surface area (Å²) >= 11 is 6.16. The largest absolute Gasteiger partial charge is 0.490 e. The Labute approximate surface area is 371 Å². The number of nitriles is 1. The molecular formula is C48H50ClN7O6S. The summed E-state index contributed by atoms with van der Waals surface area (Å²) < 4.78 is 39.1. The summed E-state index contributed by atoms with van der Waals surface area (Å²) in [5.74, 6) is 2.94. The third kappa shape index (κ3) is 10.4. The fourth-order valence-electron chi connectivity index (χ4n) is 8.53. The van der Waals surface area contributed by atoms with E-state index in [1.165, 1.54) is 10.1 Å². The molecule has 0 atom stereocenters. The molecule has 6 aromatic rings. The van der Waals surface area contributed by atoms with Crippen LogP contribution in [0.5, 0.6) is 17.2 Å². The van der Waals surface area contributed by atoms with Crippen LogP contribution < -0.4 is 25.2 Å². The molecule has 0 unspecified atom stereocenters. The minimum atomic E-state index is -3.27. The number of aryl methyl sites for hydroxylation is 2. The summed E-state index contributed by atoms with van der Waals surface area (Å²) in [5, 5.41) is 22.0. The van der Waals surface area contributed by atoms with Gasteiger partial charge < -0.3 is 29.2 Å². The van der Waals surface area contributed by atoms with Crippen molar-refractivity contribution in [2.45, 2.75) is 76.2 Å². The molecular weight excluding hydrogens is 838 g/mol. The molecule has 2 fully saturated rings. The van der Waals surface area contributed by atoms with Crippen molar-refractivity contribution in [1.82, 2.24) is 25.1 Å². The summed E-state index contributed by atoms with van der Waals surface area (Å²) in [5.41, 5.74) is 4.37. The van der Waals surface area contributed by atoms with Crippen LogP contribution in [0.15, 0.2) is 96.1 Å². The van der Waals surface area contributed by atoms with Gasteiger partial charge in [0, 0.05) is 66.9 Å². The number of rotatable bonds is 14. The topological polar surface area (TPSA) is 172 Å². The molecule has 326 valence electrons. The van der Waals surface area contributed by atoms with Gasteiger partial charge in [-0.2, -0.15) is 5.26 Å². The molecule has 2 aliphatic rings. The van der Waals surface area contributed by atoms with E-state index in [9.17, 15) is 18.0 Å². The minimum absolute atomic E-state index is 0.0186. The second-order valence-corrected chi connectivity index (χ2v) is 19.3. The Morgan fingerprint density at radius 2 is 1.67 bits per heavy atom. The van der Waals surface area contributed by atoms with E-state index in [-0.39, 0.29) is 35.1 Å². The fourth-order valence-corrected chi connectivity index (χ4v) is 9.63. The fraction of sp³-hybridized carbons (Fsp3) is 0.354. The molecule has 1 aliphatic carbocycles. The maximum Gasteiger partial charge on any atom is 0.274 e. The first-order valence-electron chi connectivity index (χ1n) is 21.5. The quantitative estimate of drug-likeness (QED) is 0.108. The van der Waals surface area contributed by atoms with Crippen LogP contribution in [0.1, 0.15) is 79.0 Å². The van der Waals surface area contributed by atoms with Gasteiger partial charge in [0.05, 0.1) is 22.4 Å². The Morgan fingerprint density at radius 3 is 2.37 bits per heavy atom. The third-order valence-electron chi connectivity index (χ3n) is 12.2. The van der Waals surface area contributed by atoms with Gasteiger partial charge in [-0.25, -0.2) is 8.42 Å². The molecule has 0 radical (unpaired) electrons. The van der Waals surface area contributed by atoms with Gasteiger partial charge in [0.2, 0.25) is 0 Å². The molecule has 3 aromatic carbocycles. The number of amides is 1. The Morgan fingerprint density at radius 1 is 0.921 bits per heavy atom. The summed E-state index contributed by atoms with van der Waals surface area (Å²) in [6.45, 7) is 3.38. The molecule has 0 spiro atoms. The lowest BCUT2D eigenvalue weighted by molar-refractivity contribution is 0.0888. The lowest BCUT2D eigenvalue weighted by Crippen LogP contribution is -2.40. The Balaban J connectivity index is 0.809. The Hall–Kier alpha value is -6.17. The number of nitrogens with one attached hydrogen (secondary N) is 2. The second kappa shape index (κ2) is 19.1. The van der Waals surface area contributed by atoms with Crippen molar-refractivity contribution in [2.75, 3.05) is 23.7 Å². The number of ether oxygens (including phenoxy) is 2. The van der Waals surface area contributed by atoms with E-state index in [0.717, 1.165) is 81.2 Å². The van der Waals surface area contributed by atoms with Gasteiger partial charge in [0.1, 0.15) is 28.8 Å². The number of sulfone groups is 1. The number of anilines is 1. The van der Waals surface area contributed by atoms with Crippen LogP contribution in [0.4, 0.5) is 5.82 Å². The van der Waals surface area contributed by atoms with E-state index in [2.05, 4.69) is 43.6 Å². The van der Waals surface area contributed by atoms with Gasteiger partial charge >= 0.3 is 0 Å². The molecule has 2 N–H and O–H groups in total. The molecule has 63 heavy (non-hydrogen) atoms. The lowest BCUT2D eigenvalue weighted by atomic mass is 9.90. The molecule has 15 heteroatoms. The number of piperidine rings is 1. The number of H-pyrrole nitrogens is 1. The number of hydrogen-bond donors (Lipinski definition) is 2. The van der Waals surface area contributed by atoms with E-state index < -0.39 is 9.84 Å². The smallest absolute Gasteiger partial charge is 0.274 e. The Bertz CT molecular complexity index is 2800. The average Bonchev–Trinajstić information content (AvgIpc) is 3.80.